The molecule has 0 radical (unpaired) electrons. The predicted octanol–water partition coefficient (Wildman–Crippen LogP) is -0.480. The molecule has 1 N–H and O–H groups in total. The highest BCUT2D eigenvalue weighted by Crippen LogP contribution is 2.60. The van der Waals surface area contributed by atoms with E-state index in [0.717, 1.165) is 50.2 Å². The first-order valence-electron chi connectivity index (χ1n) is 10.3. The van der Waals surface area contributed by atoms with Crippen LogP contribution in [0, 0.1) is 23.2 Å². The summed E-state index contributed by atoms with van der Waals surface area (Å²) in [5.74, 6) is 3.56. The maximum atomic E-state index is 13.0. The molecule has 5 heteroatoms. The van der Waals surface area contributed by atoms with Gasteiger partial charge >= 0.3 is 0 Å². The van der Waals surface area contributed by atoms with E-state index >= 15 is 0 Å². The monoisotopic (exact) mass is 392 g/mol. The number of methoxy groups -OCH3 is 1. The van der Waals surface area contributed by atoms with Gasteiger partial charge in [0.15, 0.2) is 11.4 Å². The highest BCUT2D eigenvalue weighted by atomic mass is 35.5. The lowest BCUT2D eigenvalue weighted by atomic mass is 9.67. The van der Waals surface area contributed by atoms with Crippen molar-refractivity contribution in [1.29, 1.82) is 0 Å². The topological polar surface area (TPSA) is 34.0 Å². The number of ether oxygens (including phenoxy) is 1. The Balaban J connectivity index is 0.00000210. The highest BCUT2D eigenvalue weighted by Gasteiger charge is 2.53. The first-order chi connectivity index (χ1) is 12.5. The van der Waals surface area contributed by atoms with Gasteiger partial charge in [-0.3, -0.25) is 9.69 Å². The van der Waals surface area contributed by atoms with Crippen molar-refractivity contribution >= 4 is 11.6 Å². The van der Waals surface area contributed by atoms with Gasteiger partial charge in [0.2, 0.25) is 5.91 Å². The first kappa shape index (κ1) is 20.5. The Morgan fingerprint density at radius 3 is 2.56 bits per heavy atom. The van der Waals surface area contributed by atoms with Crippen LogP contribution in [0.3, 0.4) is 0 Å². The van der Waals surface area contributed by atoms with Crippen LogP contribution in [0.2, 0.25) is 0 Å². The Hall–Kier alpha value is -1.26. The van der Waals surface area contributed by atoms with Crippen LogP contribution in [0.5, 0.6) is 5.75 Å². The van der Waals surface area contributed by atoms with Gasteiger partial charge in [-0.1, -0.05) is 26.0 Å². The molecule has 2 bridgehead atoms. The molecule has 3 fully saturated rings. The molecule has 2 saturated carbocycles. The summed E-state index contributed by atoms with van der Waals surface area (Å²) in [6, 6.07) is 8.25. The van der Waals surface area contributed by atoms with E-state index in [0.29, 0.717) is 17.2 Å². The third-order valence-electron chi connectivity index (χ3n) is 7.65. The van der Waals surface area contributed by atoms with Crippen molar-refractivity contribution in [2.24, 2.45) is 23.2 Å². The fourth-order valence-corrected chi connectivity index (χ4v) is 5.95. The van der Waals surface area contributed by atoms with Crippen molar-refractivity contribution in [1.82, 2.24) is 4.90 Å². The predicted molar refractivity (Wildman–Crippen MR) is 103 cm³/mol. The number of rotatable bonds is 4. The van der Waals surface area contributed by atoms with Crippen molar-refractivity contribution in [3.05, 3.63) is 24.3 Å². The van der Waals surface area contributed by atoms with Crippen LogP contribution >= 0.6 is 0 Å². The van der Waals surface area contributed by atoms with Crippen LogP contribution in [0.1, 0.15) is 39.5 Å². The van der Waals surface area contributed by atoms with Gasteiger partial charge in [-0.05, 0) is 48.5 Å². The number of para-hydroxylation sites is 2. The molecule has 1 aromatic carbocycles. The molecule has 0 aromatic heterocycles. The molecular weight excluding hydrogens is 360 g/mol. The van der Waals surface area contributed by atoms with Gasteiger partial charge in [0.25, 0.3) is 0 Å². The third-order valence-corrected chi connectivity index (χ3v) is 7.65. The Morgan fingerprint density at radius 2 is 1.93 bits per heavy atom. The van der Waals surface area contributed by atoms with E-state index in [4.69, 9.17) is 4.74 Å². The van der Waals surface area contributed by atoms with Gasteiger partial charge in [0.1, 0.15) is 0 Å². The normalized spacial score (nSPS) is 29.4. The zero-order chi connectivity index (χ0) is 18.3. The number of nitrogens with one attached hydrogen (secondary N) is 1. The molecule has 4 rings (SSSR count). The number of nitrogens with zero attached hydrogens (tertiary/aromatic N) is 1. The molecule has 2 aliphatic carbocycles. The summed E-state index contributed by atoms with van der Waals surface area (Å²) in [6.45, 7) is 8.44. The van der Waals surface area contributed by atoms with E-state index < -0.39 is 0 Å². The molecule has 1 aliphatic heterocycles. The van der Waals surface area contributed by atoms with Crippen molar-refractivity contribution in [3.8, 4) is 5.75 Å². The molecular formula is C22H33ClN2O2. The van der Waals surface area contributed by atoms with Crippen LogP contribution in [0.15, 0.2) is 24.3 Å². The second-order valence-electron chi connectivity index (χ2n) is 9.09. The van der Waals surface area contributed by atoms with Crippen LogP contribution < -0.4 is 22.0 Å². The van der Waals surface area contributed by atoms with Crippen molar-refractivity contribution in [2.45, 2.75) is 39.5 Å². The summed E-state index contributed by atoms with van der Waals surface area (Å²) >= 11 is 0. The second-order valence-corrected chi connectivity index (χ2v) is 9.09. The van der Waals surface area contributed by atoms with E-state index in [-0.39, 0.29) is 12.4 Å². The van der Waals surface area contributed by atoms with Crippen LogP contribution in [-0.4, -0.2) is 44.1 Å². The van der Waals surface area contributed by atoms with Gasteiger partial charge in [0, 0.05) is 12.5 Å². The van der Waals surface area contributed by atoms with Crippen LogP contribution in [-0.2, 0) is 4.79 Å². The Morgan fingerprint density at radius 1 is 1.22 bits per heavy atom. The Bertz CT molecular complexity index is 670. The zero-order valence-electron chi connectivity index (χ0n) is 16.8. The lowest BCUT2D eigenvalue weighted by Gasteiger charge is -2.39. The van der Waals surface area contributed by atoms with Gasteiger partial charge in [0.05, 0.1) is 33.3 Å². The fraction of sp³-hybridized carbons (Fsp3) is 0.682. The number of piperazine rings is 1. The molecule has 4 nitrogen and oxygen atoms in total. The van der Waals surface area contributed by atoms with Gasteiger partial charge in [-0.2, -0.15) is 0 Å². The van der Waals surface area contributed by atoms with Gasteiger partial charge in [-0.25, -0.2) is 0 Å². The average molecular weight is 393 g/mol. The molecule has 150 valence electrons. The summed E-state index contributed by atoms with van der Waals surface area (Å²) in [5, 5.41) is 0. The van der Waals surface area contributed by atoms with Crippen LogP contribution in [0.4, 0.5) is 5.69 Å². The molecule has 1 aromatic rings. The minimum Gasteiger partial charge on any atom is -1.00 e. The number of halogens is 1. The van der Waals surface area contributed by atoms with E-state index in [1.54, 1.807) is 7.11 Å². The maximum absolute atomic E-state index is 13.0. The summed E-state index contributed by atoms with van der Waals surface area (Å²) in [5.41, 5.74) is 1.57. The quantitative estimate of drug-likeness (QED) is 0.751. The standard InChI is InChI=1S/C22H32N2O2.ClH/c1-22(2)17-9-8-16(14-17)18(22)15-21(25)24-12-10-23(11-13-24)19-6-4-5-7-20(19)26-3;/h4-7,16-18H,8-15H2,1-3H3;1H. The molecule has 3 unspecified atom stereocenters. The minimum atomic E-state index is 0. The number of carbonyl (C=O) groups is 1. The number of carbonyl (C=O) groups excluding carboxylic acids is 1. The Labute approximate surface area is 169 Å². The van der Waals surface area contributed by atoms with Crippen molar-refractivity contribution < 1.29 is 26.8 Å². The number of fused-ring (bicyclic) bond motifs is 2. The van der Waals surface area contributed by atoms with E-state index in [1.807, 2.05) is 12.1 Å². The molecule has 1 amide bonds. The van der Waals surface area contributed by atoms with Gasteiger partial charge in [-0.15, -0.1) is 0 Å². The van der Waals surface area contributed by atoms with Crippen LogP contribution in [0.25, 0.3) is 0 Å². The molecule has 3 atom stereocenters. The lowest BCUT2D eigenvalue weighted by molar-refractivity contribution is -0.837. The van der Waals surface area contributed by atoms with E-state index in [1.165, 1.54) is 29.8 Å². The van der Waals surface area contributed by atoms with Crippen molar-refractivity contribution in [2.75, 3.05) is 33.3 Å². The number of hydrogen-bond acceptors (Lipinski definition) is 2. The molecule has 1 heterocycles. The molecule has 3 aliphatic rings. The molecule has 27 heavy (non-hydrogen) atoms. The zero-order valence-corrected chi connectivity index (χ0v) is 17.6. The minimum absolute atomic E-state index is 0. The summed E-state index contributed by atoms with van der Waals surface area (Å²) in [4.78, 5) is 16.5. The smallest absolute Gasteiger partial charge is 0.223 e. The summed E-state index contributed by atoms with van der Waals surface area (Å²) < 4.78 is 5.51. The molecule has 0 spiro atoms. The third kappa shape index (κ3) is 3.71. The lowest BCUT2D eigenvalue weighted by Crippen LogP contribution is -3.10. The number of quaternary nitrogens is 1. The van der Waals surface area contributed by atoms with Crippen molar-refractivity contribution in [3.63, 3.8) is 0 Å². The number of amides is 1. The fourth-order valence-electron chi connectivity index (χ4n) is 5.95. The highest BCUT2D eigenvalue weighted by molar-refractivity contribution is 5.76. The number of hydrogen-bond donors (Lipinski definition) is 1. The maximum Gasteiger partial charge on any atom is 0.223 e. The van der Waals surface area contributed by atoms with E-state index in [9.17, 15) is 4.79 Å². The summed E-state index contributed by atoms with van der Waals surface area (Å²) in [6.07, 6.45) is 4.84. The number of benzene rings is 1. The molecule has 1 saturated heterocycles. The summed E-state index contributed by atoms with van der Waals surface area (Å²) in [7, 11) is 1.73. The van der Waals surface area contributed by atoms with E-state index in [2.05, 4.69) is 30.9 Å². The van der Waals surface area contributed by atoms with Gasteiger partial charge < -0.3 is 22.0 Å². The second kappa shape index (κ2) is 8.00. The average Bonchev–Trinajstić information content (AvgIpc) is 3.23. The first-order valence-corrected chi connectivity index (χ1v) is 10.3. The largest absolute Gasteiger partial charge is 1.00 e. The Kier molecular flexibility index (Phi) is 6.07. The SMILES string of the molecule is COc1ccccc1[NH+]1CCN(C(=O)CC2C3CCC(C3)C2(C)C)CC1.[Cl-].